The largest absolute Gasteiger partial charge is 0.497 e. The van der Waals surface area contributed by atoms with Gasteiger partial charge in [0, 0.05) is 13.1 Å². The normalized spacial score (nSPS) is 11.4. The quantitative estimate of drug-likeness (QED) is 0.398. The number of hydrogen-bond donors (Lipinski definition) is 0. The zero-order valence-corrected chi connectivity index (χ0v) is 19.6. The molecule has 7 nitrogen and oxygen atoms in total. The molecule has 8 heteroatoms. The molecule has 3 aromatic rings. The van der Waals surface area contributed by atoms with Crippen molar-refractivity contribution >= 4 is 15.9 Å². The highest BCUT2D eigenvalue weighted by Gasteiger charge is 2.28. The minimum Gasteiger partial charge on any atom is -0.497 e. The van der Waals surface area contributed by atoms with E-state index in [1.807, 2.05) is 49.4 Å². The fourth-order valence-electron chi connectivity index (χ4n) is 3.33. The topological polar surface area (TPSA) is 80.1 Å². The molecule has 174 valence electrons. The number of sulfonamides is 1. The van der Waals surface area contributed by atoms with Crippen molar-refractivity contribution in [2.24, 2.45) is 0 Å². The van der Waals surface area contributed by atoms with Gasteiger partial charge in [0.2, 0.25) is 15.9 Å². The van der Waals surface area contributed by atoms with E-state index in [0.717, 1.165) is 15.6 Å². The van der Waals surface area contributed by atoms with Crippen LogP contribution in [0.4, 0.5) is 0 Å². The molecule has 0 atom stereocenters. The molecular formula is C25H28N2O5S. The summed E-state index contributed by atoms with van der Waals surface area (Å²) in [6.07, 6.45) is 1.46. The van der Waals surface area contributed by atoms with Gasteiger partial charge >= 0.3 is 0 Å². The Balaban J connectivity index is 1.85. The number of methoxy groups -OCH3 is 1. The first kappa shape index (κ1) is 24.3. The van der Waals surface area contributed by atoms with Gasteiger partial charge in [-0.25, -0.2) is 8.42 Å². The van der Waals surface area contributed by atoms with Crippen LogP contribution in [0.3, 0.4) is 0 Å². The van der Waals surface area contributed by atoms with Crippen molar-refractivity contribution in [1.82, 2.24) is 9.21 Å². The van der Waals surface area contributed by atoms with Crippen molar-refractivity contribution < 1.29 is 22.4 Å². The zero-order chi connectivity index (χ0) is 23.8. The number of nitrogens with zero attached hydrogens (tertiary/aromatic N) is 2. The van der Waals surface area contributed by atoms with Crippen molar-refractivity contribution in [3.8, 4) is 5.75 Å². The Morgan fingerprint density at radius 2 is 1.73 bits per heavy atom. The third kappa shape index (κ3) is 6.34. The number of hydrogen-bond acceptors (Lipinski definition) is 5. The maximum absolute atomic E-state index is 13.3. The van der Waals surface area contributed by atoms with Crippen molar-refractivity contribution in [3.63, 3.8) is 0 Å². The Morgan fingerprint density at radius 1 is 1.03 bits per heavy atom. The SMILES string of the molecule is C=CCN(CC(=O)N(Cc1ccccc1)Cc1ccc(C)o1)S(=O)(=O)c1ccc(OC)cc1. The number of ether oxygens (including phenoxy) is 1. The van der Waals surface area contributed by atoms with Gasteiger partial charge in [-0.2, -0.15) is 4.31 Å². The van der Waals surface area contributed by atoms with Gasteiger partial charge < -0.3 is 14.1 Å². The molecule has 0 aliphatic heterocycles. The Morgan fingerprint density at radius 3 is 2.30 bits per heavy atom. The van der Waals surface area contributed by atoms with Crippen LogP contribution in [0.15, 0.2) is 88.7 Å². The summed E-state index contributed by atoms with van der Waals surface area (Å²) in [7, 11) is -2.41. The van der Waals surface area contributed by atoms with Gasteiger partial charge in [0.05, 0.1) is 25.1 Å². The molecular weight excluding hydrogens is 440 g/mol. The van der Waals surface area contributed by atoms with Gasteiger partial charge in [0.25, 0.3) is 0 Å². The fraction of sp³-hybridized carbons (Fsp3) is 0.240. The van der Waals surface area contributed by atoms with Crippen molar-refractivity contribution in [3.05, 3.63) is 96.5 Å². The van der Waals surface area contributed by atoms with Crippen LogP contribution in [0.25, 0.3) is 0 Å². The predicted molar refractivity (Wildman–Crippen MR) is 126 cm³/mol. The molecule has 0 fully saturated rings. The summed E-state index contributed by atoms with van der Waals surface area (Å²) in [6.45, 7) is 5.72. The molecule has 1 amide bonds. The Hall–Kier alpha value is -3.36. The van der Waals surface area contributed by atoms with E-state index >= 15 is 0 Å². The van der Waals surface area contributed by atoms with E-state index in [-0.39, 0.29) is 30.4 Å². The summed E-state index contributed by atoms with van der Waals surface area (Å²) in [5.41, 5.74) is 0.933. The van der Waals surface area contributed by atoms with E-state index in [1.54, 1.807) is 17.0 Å². The first-order valence-electron chi connectivity index (χ1n) is 10.5. The third-order valence-corrected chi connectivity index (χ3v) is 6.88. The molecule has 1 aromatic heterocycles. The lowest BCUT2D eigenvalue weighted by Crippen LogP contribution is -2.42. The molecule has 2 aromatic carbocycles. The lowest BCUT2D eigenvalue weighted by Gasteiger charge is -2.26. The van der Waals surface area contributed by atoms with Crippen LogP contribution >= 0.6 is 0 Å². The zero-order valence-electron chi connectivity index (χ0n) is 18.8. The van der Waals surface area contributed by atoms with Crippen molar-refractivity contribution in [2.45, 2.75) is 24.9 Å². The summed E-state index contributed by atoms with van der Waals surface area (Å²) in [5.74, 6) is 1.58. The Kier molecular flexibility index (Phi) is 8.08. The first-order valence-corrected chi connectivity index (χ1v) is 11.9. The standard InChI is InChI=1S/C25H28N2O5S/c1-4-16-27(33(29,30)24-14-12-22(31-3)13-15-24)19-25(28)26(17-21-8-6-5-7-9-21)18-23-11-10-20(2)32-23/h4-15H,1,16-19H2,2-3H3. The van der Waals surface area contributed by atoms with Crippen LogP contribution in [-0.4, -0.2) is 43.7 Å². The van der Waals surface area contributed by atoms with Crippen LogP contribution < -0.4 is 4.74 Å². The average Bonchev–Trinajstić information content (AvgIpc) is 3.23. The summed E-state index contributed by atoms with van der Waals surface area (Å²) in [4.78, 5) is 15.0. The number of rotatable bonds is 11. The lowest BCUT2D eigenvalue weighted by molar-refractivity contribution is -0.132. The number of aryl methyl sites for hydroxylation is 1. The second kappa shape index (κ2) is 11.0. The Labute approximate surface area is 194 Å². The van der Waals surface area contributed by atoms with Crippen LogP contribution in [0.2, 0.25) is 0 Å². The van der Waals surface area contributed by atoms with Crippen molar-refractivity contribution in [2.75, 3.05) is 20.2 Å². The van der Waals surface area contributed by atoms with Crippen LogP contribution in [0.1, 0.15) is 17.1 Å². The smallest absolute Gasteiger partial charge is 0.243 e. The molecule has 0 aliphatic rings. The highest BCUT2D eigenvalue weighted by atomic mass is 32.2. The molecule has 0 N–H and O–H groups in total. The molecule has 0 radical (unpaired) electrons. The summed E-state index contributed by atoms with van der Waals surface area (Å²) < 4.78 is 38.4. The third-order valence-electron chi connectivity index (χ3n) is 5.05. The minimum absolute atomic E-state index is 0.000854. The average molecular weight is 469 g/mol. The summed E-state index contributed by atoms with van der Waals surface area (Å²) in [5, 5.41) is 0. The molecule has 0 bridgehead atoms. The highest BCUT2D eigenvalue weighted by molar-refractivity contribution is 7.89. The van der Waals surface area contributed by atoms with E-state index in [9.17, 15) is 13.2 Å². The number of carbonyl (C=O) groups excluding carboxylic acids is 1. The van der Waals surface area contributed by atoms with E-state index in [1.165, 1.54) is 25.3 Å². The first-order chi connectivity index (χ1) is 15.8. The maximum atomic E-state index is 13.3. The molecule has 0 saturated heterocycles. The second-order valence-corrected chi connectivity index (χ2v) is 9.45. The molecule has 0 unspecified atom stereocenters. The van der Waals surface area contributed by atoms with Crippen LogP contribution in [-0.2, 0) is 27.9 Å². The maximum Gasteiger partial charge on any atom is 0.243 e. The van der Waals surface area contributed by atoms with Gasteiger partial charge in [0.1, 0.15) is 17.3 Å². The van der Waals surface area contributed by atoms with E-state index in [4.69, 9.17) is 9.15 Å². The monoisotopic (exact) mass is 468 g/mol. The number of furan rings is 1. The highest BCUT2D eigenvalue weighted by Crippen LogP contribution is 2.20. The minimum atomic E-state index is -3.92. The fourth-order valence-corrected chi connectivity index (χ4v) is 4.69. The molecule has 3 rings (SSSR count). The molecule has 1 heterocycles. The molecule has 0 spiro atoms. The van der Waals surface area contributed by atoms with Gasteiger partial charge in [-0.15, -0.1) is 6.58 Å². The van der Waals surface area contributed by atoms with Gasteiger partial charge in [-0.05, 0) is 48.9 Å². The summed E-state index contributed by atoms with van der Waals surface area (Å²) >= 11 is 0. The number of carbonyl (C=O) groups is 1. The Bertz CT molecular complexity index is 1170. The van der Waals surface area contributed by atoms with Gasteiger partial charge in [-0.1, -0.05) is 36.4 Å². The second-order valence-electron chi connectivity index (χ2n) is 7.51. The van der Waals surface area contributed by atoms with Crippen LogP contribution in [0.5, 0.6) is 5.75 Å². The molecule has 0 aliphatic carbocycles. The van der Waals surface area contributed by atoms with Gasteiger partial charge in [-0.3, -0.25) is 4.79 Å². The van der Waals surface area contributed by atoms with Crippen molar-refractivity contribution in [1.29, 1.82) is 0 Å². The van der Waals surface area contributed by atoms with E-state index in [0.29, 0.717) is 18.1 Å². The van der Waals surface area contributed by atoms with Crippen LogP contribution in [0, 0.1) is 6.92 Å². The number of amides is 1. The van der Waals surface area contributed by atoms with E-state index < -0.39 is 10.0 Å². The summed E-state index contributed by atoms with van der Waals surface area (Å²) in [6, 6.07) is 19.2. The van der Waals surface area contributed by atoms with E-state index in [2.05, 4.69) is 6.58 Å². The number of benzene rings is 2. The van der Waals surface area contributed by atoms with Gasteiger partial charge in [0.15, 0.2) is 0 Å². The molecule has 0 saturated carbocycles. The predicted octanol–water partition coefficient (Wildman–Crippen LogP) is 4.00. The molecule has 33 heavy (non-hydrogen) atoms. The lowest BCUT2D eigenvalue weighted by atomic mass is 10.2.